The van der Waals surface area contributed by atoms with Crippen LogP contribution in [-0.2, 0) is 39.6 Å². The summed E-state index contributed by atoms with van der Waals surface area (Å²) in [5, 5.41) is 2.92. The molecule has 0 aliphatic heterocycles. The van der Waals surface area contributed by atoms with Gasteiger partial charge in [0.15, 0.2) is 0 Å². The Kier molecular flexibility index (Phi) is 7.70. The molecule has 10 heteroatoms. The summed E-state index contributed by atoms with van der Waals surface area (Å²) in [7, 11) is 1.10. The molecule has 0 bridgehead atoms. The van der Waals surface area contributed by atoms with Crippen molar-refractivity contribution in [1.82, 2.24) is 5.32 Å². The van der Waals surface area contributed by atoms with E-state index >= 15 is 0 Å². The topological polar surface area (TPSA) is 55.4 Å². The van der Waals surface area contributed by atoms with Crippen molar-refractivity contribution in [2.75, 3.05) is 13.7 Å². The van der Waals surface area contributed by atoms with E-state index in [0.29, 0.717) is 0 Å². The molecule has 0 spiro atoms. The van der Waals surface area contributed by atoms with Crippen molar-refractivity contribution < 1.29 is 40.7 Å². The summed E-state index contributed by atoms with van der Waals surface area (Å²) >= 11 is 0. The quantitative estimate of drug-likeness (QED) is 0.286. The van der Waals surface area contributed by atoms with Gasteiger partial charge in [-0.05, 0) is 59.4 Å². The average molecular weight is 487 g/mol. The monoisotopic (exact) mass is 487 g/mol. The van der Waals surface area contributed by atoms with E-state index in [4.69, 9.17) is 0 Å². The van der Waals surface area contributed by atoms with E-state index in [0.717, 1.165) is 50.3 Å². The van der Waals surface area contributed by atoms with Gasteiger partial charge in [-0.15, -0.1) is 0 Å². The molecule has 1 fully saturated rings. The normalized spacial score (nSPS) is 14.2. The molecule has 1 N–H and O–H groups in total. The Hall–Kier alpha value is -2.88. The average Bonchev–Trinajstić information content (AvgIpc) is 3.60. The molecule has 34 heavy (non-hydrogen) atoms. The summed E-state index contributed by atoms with van der Waals surface area (Å²) in [4.78, 5) is 23.5. The molecule has 0 radical (unpaired) electrons. The molecule has 4 nitrogen and oxygen atoms in total. The number of methoxy groups -OCH3 is 1. The Morgan fingerprint density at radius 2 is 1.65 bits per heavy atom. The van der Waals surface area contributed by atoms with E-state index < -0.39 is 35.9 Å². The van der Waals surface area contributed by atoms with E-state index in [9.17, 15) is 35.9 Å². The van der Waals surface area contributed by atoms with Gasteiger partial charge in [0, 0.05) is 25.4 Å². The number of halogens is 6. The van der Waals surface area contributed by atoms with Crippen LogP contribution in [0.15, 0.2) is 36.4 Å². The summed E-state index contributed by atoms with van der Waals surface area (Å²) in [6, 6.07) is 5.78. The van der Waals surface area contributed by atoms with Gasteiger partial charge in [0.2, 0.25) is 0 Å². The van der Waals surface area contributed by atoms with Gasteiger partial charge in [-0.3, -0.25) is 9.59 Å². The van der Waals surface area contributed by atoms with Crippen molar-refractivity contribution in [3.05, 3.63) is 58.7 Å². The van der Waals surface area contributed by atoms with Crippen LogP contribution in [0.2, 0.25) is 0 Å². The van der Waals surface area contributed by atoms with Gasteiger partial charge >= 0.3 is 18.3 Å². The fraction of sp³-hybridized carbons (Fsp3) is 0.417. The number of esters is 1. The number of carbonyl (C=O) groups is 2. The molecule has 2 aromatic carbocycles. The van der Waals surface area contributed by atoms with Crippen molar-refractivity contribution in [2.24, 2.45) is 5.92 Å². The Morgan fingerprint density at radius 1 is 0.971 bits per heavy atom. The first-order valence-corrected chi connectivity index (χ1v) is 10.6. The molecule has 0 aromatic heterocycles. The maximum atomic E-state index is 13.5. The number of rotatable bonds is 9. The first-order chi connectivity index (χ1) is 15.9. The van der Waals surface area contributed by atoms with Crippen LogP contribution in [0, 0.1) is 5.92 Å². The molecule has 184 valence electrons. The number of ether oxygens (including phenoxy) is 1. The van der Waals surface area contributed by atoms with Crippen LogP contribution in [0.4, 0.5) is 26.3 Å². The maximum absolute atomic E-state index is 13.5. The molecule has 0 unspecified atom stereocenters. The van der Waals surface area contributed by atoms with Crippen LogP contribution in [0.25, 0.3) is 11.1 Å². The van der Waals surface area contributed by atoms with Crippen LogP contribution in [0.5, 0.6) is 0 Å². The number of Topliss-reactive ketones (excluding diaryl/α,β-unsaturated/α-hetero) is 1. The fourth-order valence-corrected chi connectivity index (χ4v) is 3.59. The third-order valence-corrected chi connectivity index (χ3v) is 5.54. The van der Waals surface area contributed by atoms with E-state index in [-0.39, 0.29) is 53.5 Å². The fourth-order valence-electron chi connectivity index (χ4n) is 3.59. The molecule has 3 rings (SSSR count). The minimum Gasteiger partial charge on any atom is -0.469 e. The second kappa shape index (κ2) is 10.2. The Balaban J connectivity index is 1.96. The Morgan fingerprint density at radius 3 is 2.24 bits per heavy atom. The number of ketones is 1. The van der Waals surface area contributed by atoms with Crippen molar-refractivity contribution in [2.45, 2.75) is 44.6 Å². The Bertz CT molecular complexity index is 1060. The van der Waals surface area contributed by atoms with E-state index in [1.165, 1.54) is 6.07 Å². The van der Waals surface area contributed by atoms with Crippen molar-refractivity contribution in [1.29, 1.82) is 0 Å². The number of hydrogen-bond donors (Lipinski definition) is 1. The van der Waals surface area contributed by atoms with Crippen LogP contribution < -0.4 is 5.32 Å². The van der Waals surface area contributed by atoms with Gasteiger partial charge in [0.05, 0.1) is 24.7 Å². The molecule has 1 aliphatic carbocycles. The van der Waals surface area contributed by atoms with Crippen molar-refractivity contribution in [3.63, 3.8) is 0 Å². The SMILES string of the molecule is COC(=O)Cc1cc(-c2ccc(C(F)(F)F)cc2CNCCC(=O)C2CC2)cc(C(F)(F)F)c1. The van der Waals surface area contributed by atoms with Gasteiger partial charge in [0.1, 0.15) is 5.78 Å². The van der Waals surface area contributed by atoms with Crippen LogP contribution >= 0.6 is 0 Å². The van der Waals surface area contributed by atoms with E-state index in [2.05, 4.69) is 10.1 Å². The highest BCUT2D eigenvalue weighted by atomic mass is 19.4. The smallest absolute Gasteiger partial charge is 0.416 e. The van der Waals surface area contributed by atoms with Crippen LogP contribution in [0.1, 0.15) is 41.5 Å². The molecular weight excluding hydrogens is 464 g/mol. The molecule has 1 saturated carbocycles. The largest absolute Gasteiger partial charge is 0.469 e. The lowest BCUT2D eigenvalue weighted by Crippen LogP contribution is -2.19. The maximum Gasteiger partial charge on any atom is 0.416 e. The standard InChI is InChI=1S/C24H23F6NO3/c1-34-22(33)10-14-8-16(11-19(9-14)24(28,29)30)20-5-4-18(23(25,26)27)12-17(20)13-31-7-6-21(32)15-2-3-15/h4-5,8-9,11-12,15,31H,2-3,6-7,10,13H2,1H3. The third kappa shape index (κ3) is 6.82. The predicted molar refractivity (Wildman–Crippen MR) is 112 cm³/mol. The summed E-state index contributed by atoms with van der Waals surface area (Å²) < 4.78 is 84.9. The first kappa shape index (κ1) is 25.7. The van der Waals surface area contributed by atoms with Gasteiger partial charge < -0.3 is 10.1 Å². The second-order valence-corrected chi connectivity index (χ2v) is 8.21. The van der Waals surface area contributed by atoms with Crippen molar-refractivity contribution in [3.8, 4) is 11.1 Å². The molecule has 0 heterocycles. The number of nitrogens with one attached hydrogen (secondary N) is 1. The van der Waals surface area contributed by atoms with E-state index in [1.807, 2.05) is 0 Å². The van der Waals surface area contributed by atoms with Crippen LogP contribution in [0.3, 0.4) is 0 Å². The van der Waals surface area contributed by atoms with Crippen molar-refractivity contribution >= 4 is 11.8 Å². The van der Waals surface area contributed by atoms with Gasteiger partial charge in [0.25, 0.3) is 0 Å². The number of hydrogen-bond acceptors (Lipinski definition) is 4. The summed E-state index contributed by atoms with van der Waals surface area (Å²) in [5.74, 6) is -0.605. The predicted octanol–water partition coefficient (Wildman–Crippen LogP) is 5.57. The molecular formula is C24H23F6NO3. The molecule has 0 atom stereocenters. The van der Waals surface area contributed by atoms with Gasteiger partial charge in [-0.25, -0.2) is 0 Å². The second-order valence-electron chi connectivity index (χ2n) is 8.21. The zero-order valence-electron chi connectivity index (χ0n) is 18.3. The van der Waals surface area contributed by atoms with E-state index in [1.54, 1.807) is 0 Å². The highest BCUT2D eigenvalue weighted by Crippen LogP contribution is 2.37. The zero-order chi connectivity index (χ0) is 25.1. The van der Waals surface area contributed by atoms with Crippen LogP contribution in [-0.4, -0.2) is 25.4 Å². The Labute approximate surface area is 192 Å². The minimum absolute atomic E-state index is 0.0190. The molecule has 0 saturated heterocycles. The zero-order valence-corrected chi connectivity index (χ0v) is 18.3. The summed E-state index contributed by atoms with van der Waals surface area (Å²) in [6.45, 7) is 0.154. The molecule has 2 aromatic rings. The lowest BCUT2D eigenvalue weighted by molar-refractivity contribution is -0.140. The number of alkyl halides is 6. The lowest BCUT2D eigenvalue weighted by atomic mass is 9.93. The number of carbonyl (C=O) groups excluding carboxylic acids is 2. The number of benzene rings is 2. The molecule has 0 amide bonds. The lowest BCUT2D eigenvalue weighted by Gasteiger charge is -2.17. The highest BCUT2D eigenvalue weighted by Gasteiger charge is 2.33. The minimum atomic E-state index is -4.73. The third-order valence-electron chi connectivity index (χ3n) is 5.54. The summed E-state index contributed by atoms with van der Waals surface area (Å²) in [5.41, 5.74) is -1.65. The van der Waals surface area contributed by atoms with Gasteiger partial charge in [-0.1, -0.05) is 12.1 Å². The first-order valence-electron chi connectivity index (χ1n) is 10.6. The molecule has 1 aliphatic rings. The highest BCUT2D eigenvalue weighted by molar-refractivity contribution is 5.83. The van der Waals surface area contributed by atoms with Gasteiger partial charge in [-0.2, -0.15) is 26.3 Å². The summed E-state index contributed by atoms with van der Waals surface area (Å²) in [6.07, 6.45) is -7.87.